The van der Waals surface area contributed by atoms with Gasteiger partial charge in [0.2, 0.25) is 0 Å². The van der Waals surface area contributed by atoms with E-state index < -0.39 is 0 Å². The van der Waals surface area contributed by atoms with Crippen LogP contribution in [0.3, 0.4) is 0 Å². The zero-order valence-electron chi connectivity index (χ0n) is 16.5. The average molecular weight is 440 g/mol. The Morgan fingerprint density at radius 1 is 0.933 bits per heavy atom. The summed E-state index contributed by atoms with van der Waals surface area (Å²) in [6, 6.07) is 20.6. The second kappa shape index (κ2) is 10.1. The Kier molecular flexibility index (Phi) is 7.24. The van der Waals surface area contributed by atoms with Crippen molar-refractivity contribution in [3.05, 3.63) is 87.4 Å². The lowest BCUT2D eigenvalue weighted by atomic mass is 10.0. The fourth-order valence-electron chi connectivity index (χ4n) is 2.88. The molecule has 0 unspecified atom stereocenters. The Labute approximate surface area is 185 Å². The SMILES string of the molecule is COc1ccc(/C(C#N)=C/c2cc(Cl)c(OCc3ccccc3)c(Cl)c2)cc1OC. The number of methoxy groups -OCH3 is 2. The average Bonchev–Trinajstić information content (AvgIpc) is 2.77. The predicted octanol–water partition coefficient (Wildman–Crippen LogP) is 6.65. The van der Waals surface area contributed by atoms with Crippen LogP contribution < -0.4 is 14.2 Å². The number of halogens is 2. The van der Waals surface area contributed by atoms with Crippen molar-refractivity contribution in [3.8, 4) is 23.3 Å². The fourth-order valence-corrected chi connectivity index (χ4v) is 3.49. The predicted molar refractivity (Wildman–Crippen MR) is 120 cm³/mol. The molecule has 3 aromatic carbocycles. The van der Waals surface area contributed by atoms with E-state index in [-0.39, 0.29) is 0 Å². The molecule has 0 saturated carbocycles. The number of allylic oxidation sites excluding steroid dienone is 1. The van der Waals surface area contributed by atoms with Crippen molar-refractivity contribution >= 4 is 34.9 Å². The number of hydrogen-bond donors (Lipinski definition) is 0. The highest BCUT2D eigenvalue weighted by atomic mass is 35.5. The summed E-state index contributed by atoms with van der Waals surface area (Å²) < 4.78 is 16.4. The van der Waals surface area contributed by atoms with E-state index in [4.69, 9.17) is 37.4 Å². The van der Waals surface area contributed by atoms with Crippen LogP contribution in [0.25, 0.3) is 11.6 Å². The maximum atomic E-state index is 9.65. The molecule has 30 heavy (non-hydrogen) atoms. The fraction of sp³-hybridized carbons (Fsp3) is 0.125. The smallest absolute Gasteiger partial charge is 0.161 e. The van der Waals surface area contributed by atoms with Gasteiger partial charge in [-0.3, -0.25) is 0 Å². The van der Waals surface area contributed by atoms with Gasteiger partial charge in [0.05, 0.1) is 35.9 Å². The molecular weight excluding hydrogens is 421 g/mol. The van der Waals surface area contributed by atoms with E-state index in [2.05, 4.69) is 6.07 Å². The Balaban J connectivity index is 1.88. The lowest BCUT2D eigenvalue weighted by molar-refractivity contribution is 0.306. The summed E-state index contributed by atoms with van der Waals surface area (Å²) in [7, 11) is 3.11. The van der Waals surface area contributed by atoms with E-state index in [0.29, 0.717) is 50.6 Å². The number of benzene rings is 3. The molecule has 0 aliphatic carbocycles. The quantitative estimate of drug-likeness (QED) is 0.305. The third-order valence-corrected chi connectivity index (χ3v) is 4.93. The molecule has 0 saturated heterocycles. The van der Waals surface area contributed by atoms with Crippen molar-refractivity contribution < 1.29 is 14.2 Å². The van der Waals surface area contributed by atoms with Crippen LogP contribution in [0.2, 0.25) is 10.0 Å². The molecule has 0 aromatic heterocycles. The van der Waals surface area contributed by atoms with Crippen LogP contribution in [0.15, 0.2) is 60.7 Å². The highest BCUT2D eigenvalue weighted by Crippen LogP contribution is 2.36. The summed E-state index contributed by atoms with van der Waals surface area (Å²) in [5, 5.41) is 10.4. The van der Waals surface area contributed by atoms with Gasteiger partial charge in [-0.15, -0.1) is 0 Å². The maximum absolute atomic E-state index is 9.65. The molecule has 6 heteroatoms. The van der Waals surface area contributed by atoms with Crippen molar-refractivity contribution in [3.63, 3.8) is 0 Å². The molecular formula is C24H19Cl2NO3. The first-order valence-electron chi connectivity index (χ1n) is 9.05. The lowest BCUT2D eigenvalue weighted by Crippen LogP contribution is -1.97. The number of hydrogen-bond acceptors (Lipinski definition) is 4. The van der Waals surface area contributed by atoms with E-state index in [1.54, 1.807) is 50.6 Å². The summed E-state index contributed by atoms with van der Waals surface area (Å²) in [4.78, 5) is 0. The Bertz CT molecular complexity index is 1080. The van der Waals surface area contributed by atoms with Crippen molar-refractivity contribution in [2.75, 3.05) is 14.2 Å². The summed E-state index contributed by atoms with van der Waals surface area (Å²) in [6.45, 7) is 0.352. The summed E-state index contributed by atoms with van der Waals surface area (Å²) >= 11 is 12.8. The van der Waals surface area contributed by atoms with Gasteiger partial charge in [0, 0.05) is 0 Å². The Hall–Kier alpha value is -3.13. The minimum Gasteiger partial charge on any atom is -0.493 e. The number of nitriles is 1. The molecule has 0 amide bonds. The zero-order chi connectivity index (χ0) is 21.5. The third kappa shape index (κ3) is 5.07. The van der Waals surface area contributed by atoms with Crippen molar-refractivity contribution in [2.45, 2.75) is 6.61 Å². The van der Waals surface area contributed by atoms with E-state index in [0.717, 1.165) is 5.56 Å². The van der Waals surface area contributed by atoms with Gasteiger partial charge in [-0.1, -0.05) is 53.5 Å². The Morgan fingerprint density at radius 2 is 1.60 bits per heavy atom. The van der Waals surface area contributed by atoms with Gasteiger partial charge >= 0.3 is 0 Å². The van der Waals surface area contributed by atoms with Crippen LogP contribution in [0.5, 0.6) is 17.2 Å². The van der Waals surface area contributed by atoms with Gasteiger partial charge in [0.15, 0.2) is 17.2 Å². The van der Waals surface area contributed by atoms with Crippen molar-refractivity contribution in [1.29, 1.82) is 5.26 Å². The van der Waals surface area contributed by atoms with Crippen molar-refractivity contribution in [2.24, 2.45) is 0 Å². The van der Waals surface area contributed by atoms with E-state index in [1.807, 2.05) is 30.3 Å². The monoisotopic (exact) mass is 439 g/mol. The minimum atomic E-state index is 0.352. The highest BCUT2D eigenvalue weighted by Gasteiger charge is 2.12. The van der Waals surface area contributed by atoms with Gasteiger partial charge < -0.3 is 14.2 Å². The molecule has 0 aliphatic heterocycles. The maximum Gasteiger partial charge on any atom is 0.161 e. The van der Waals surface area contributed by atoms with Crippen molar-refractivity contribution in [1.82, 2.24) is 0 Å². The van der Waals surface area contributed by atoms with Crippen LogP contribution in [-0.4, -0.2) is 14.2 Å². The molecule has 3 rings (SSSR count). The second-order valence-electron chi connectivity index (χ2n) is 6.33. The topological polar surface area (TPSA) is 51.5 Å². The molecule has 0 radical (unpaired) electrons. The first kappa shape index (κ1) is 21.6. The van der Waals surface area contributed by atoms with Crippen LogP contribution in [0, 0.1) is 11.3 Å². The van der Waals surface area contributed by atoms with E-state index >= 15 is 0 Å². The molecule has 4 nitrogen and oxygen atoms in total. The van der Waals surface area contributed by atoms with Gasteiger partial charge in [0.1, 0.15) is 6.61 Å². The van der Waals surface area contributed by atoms with Crippen LogP contribution in [0.1, 0.15) is 16.7 Å². The Morgan fingerprint density at radius 3 is 2.20 bits per heavy atom. The molecule has 0 fully saturated rings. The van der Waals surface area contributed by atoms with E-state index in [9.17, 15) is 5.26 Å². The van der Waals surface area contributed by atoms with Gasteiger partial charge in [-0.25, -0.2) is 0 Å². The van der Waals surface area contributed by atoms with Crippen LogP contribution >= 0.6 is 23.2 Å². The van der Waals surface area contributed by atoms with E-state index in [1.165, 1.54) is 0 Å². The highest BCUT2D eigenvalue weighted by molar-refractivity contribution is 6.37. The summed E-state index contributed by atoms with van der Waals surface area (Å²) in [5.74, 6) is 1.53. The number of ether oxygens (including phenoxy) is 3. The molecule has 0 N–H and O–H groups in total. The molecule has 0 bridgehead atoms. The van der Waals surface area contributed by atoms with Gasteiger partial charge in [-0.05, 0) is 53.1 Å². The lowest BCUT2D eigenvalue weighted by Gasteiger charge is -2.12. The number of nitrogens with zero attached hydrogens (tertiary/aromatic N) is 1. The molecule has 0 aliphatic rings. The second-order valence-corrected chi connectivity index (χ2v) is 7.14. The summed E-state index contributed by atoms with van der Waals surface area (Å²) in [5.41, 5.74) is 2.81. The van der Waals surface area contributed by atoms with Crippen LogP contribution in [0.4, 0.5) is 0 Å². The zero-order valence-corrected chi connectivity index (χ0v) is 18.0. The van der Waals surface area contributed by atoms with Gasteiger partial charge in [-0.2, -0.15) is 5.26 Å². The van der Waals surface area contributed by atoms with Crippen LogP contribution in [-0.2, 0) is 6.61 Å². The molecule has 0 atom stereocenters. The standard InChI is InChI=1S/C24H19Cl2NO3/c1-28-22-9-8-18(13-23(22)29-2)19(14-27)10-17-11-20(25)24(21(26)12-17)30-15-16-6-4-3-5-7-16/h3-13H,15H2,1-2H3/b19-10+. The third-order valence-electron chi connectivity index (χ3n) is 4.37. The minimum absolute atomic E-state index is 0.352. The molecule has 3 aromatic rings. The first-order valence-corrected chi connectivity index (χ1v) is 9.81. The molecule has 0 heterocycles. The number of rotatable bonds is 7. The summed E-state index contributed by atoms with van der Waals surface area (Å²) in [6.07, 6.45) is 1.71. The molecule has 0 spiro atoms. The molecule has 152 valence electrons. The largest absolute Gasteiger partial charge is 0.493 e. The van der Waals surface area contributed by atoms with Gasteiger partial charge in [0.25, 0.3) is 0 Å². The first-order chi connectivity index (χ1) is 14.5. The normalized spacial score (nSPS) is 11.0.